The smallest absolute Gasteiger partial charge is 0.254 e. The van der Waals surface area contributed by atoms with Gasteiger partial charge in [-0.15, -0.1) is 0 Å². The highest BCUT2D eigenvalue weighted by Crippen LogP contribution is 2.18. The SMILES string of the molecule is O=C(NCCN1CCCCC1)c1cc(CC2CCNC2)ccc1F. The van der Waals surface area contributed by atoms with Gasteiger partial charge in [0, 0.05) is 13.1 Å². The van der Waals surface area contributed by atoms with Crippen LogP contribution in [0.2, 0.25) is 0 Å². The van der Waals surface area contributed by atoms with Gasteiger partial charge in [-0.05, 0) is 75.5 Å². The first-order chi connectivity index (χ1) is 11.7. The van der Waals surface area contributed by atoms with E-state index >= 15 is 0 Å². The maximum absolute atomic E-state index is 14.0. The zero-order valence-electron chi connectivity index (χ0n) is 14.3. The second kappa shape index (κ2) is 8.58. The van der Waals surface area contributed by atoms with Gasteiger partial charge in [0.1, 0.15) is 5.82 Å². The van der Waals surface area contributed by atoms with E-state index in [1.54, 1.807) is 12.1 Å². The molecule has 2 fully saturated rings. The average Bonchev–Trinajstić information content (AvgIpc) is 3.10. The van der Waals surface area contributed by atoms with Gasteiger partial charge in [0.2, 0.25) is 0 Å². The normalized spacial score (nSPS) is 21.8. The van der Waals surface area contributed by atoms with Crippen molar-refractivity contribution in [3.05, 3.63) is 35.1 Å². The van der Waals surface area contributed by atoms with E-state index in [9.17, 15) is 9.18 Å². The van der Waals surface area contributed by atoms with Crippen LogP contribution in [0, 0.1) is 11.7 Å². The fourth-order valence-electron chi connectivity index (χ4n) is 3.70. The lowest BCUT2D eigenvalue weighted by Crippen LogP contribution is -2.37. The van der Waals surface area contributed by atoms with E-state index in [-0.39, 0.29) is 11.5 Å². The summed E-state index contributed by atoms with van der Waals surface area (Å²) >= 11 is 0. The van der Waals surface area contributed by atoms with Crippen molar-refractivity contribution in [2.45, 2.75) is 32.1 Å². The number of piperidine rings is 1. The minimum atomic E-state index is -0.432. The van der Waals surface area contributed by atoms with Gasteiger partial charge < -0.3 is 15.5 Å². The highest BCUT2D eigenvalue weighted by Gasteiger charge is 2.18. The van der Waals surface area contributed by atoms with E-state index in [1.165, 1.54) is 25.3 Å². The molecule has 0 aromatic heterocycles. The first-order valence-corrected chi connectivity index (χ1v) is 9.22. The zero-order valence-corrected chi connectivity index (χ0v) is 14.3. The standard InChI is InChI=1S/C19H28FN3O/c20-18-5-4-15(12-16-6-7-21-14-16)13-17(18)19(24)22-8-11-23-9-2-1-3-10-23/h4-5,13,16,21H,1-3,6-12,14H2,(H,22,24). The van der Waals surface area contributed by atoms with Crippen LogP contribution in [0.25, 0.3) is 0 Å². The van der Waals surface area contributed by atoms with E-state index in [0.29, 0.717) is 12.5 Å². The van der Waals surface area contributed by atoms with Crippen LogP contribution in [0.4, 0.5) is 4.39 Å². The summed E-state index contributed by atoms with van der Waals surface area (Å²) in [4.78, 5) is 14.7. The summed E-state index contributed by atoms with van der Waals surface area (Å²) in [6.45, 7) is 5.70. The van der Waals surface area contributed by atoms with E-state index < -0.39 is 5.82 Å². The first-order valence-electron chi connectivity index (χ1n) is 9.22. The van der Waals surface area contributed by atoms with Crippen LogP contribution in [0.15, 0.2) is 18.2 Å². The van der Waals surface area contributed by atoms with Crippen molar-refractivity contribution < 1.29 is 9.18 Å². The number of hydrogen-bond acceptors (Lipinski definition) is 3. The Bertz CT molecular complexity index is 552. The number of amides is 1. The van der Waals surface area contributed by atoms with Crippen molar-refractivity contribution in [2.24, 2.45) is 5.92 Å². The van der Waals surface area contributed by atoms with E-state index in [4.69, 9.17) is 0 Å². The fourth-order valence-corrected chi connectivity index (χ4v) is 3.70. The summed E-state index contributed by atoms with van der Waals surface area (Å²) < 4.78 is 14.0. The van der Waals surface area contributed by atoms with Crippen LogP contribution >= 0.6 is 0 Å². The molecule has 4 nitrogen and oxygen atoms in total. The van der Waals surface area contributed by atoms with Gasteiger partial charge in [0.15, 0.2) is 0 Å². The van der Waals surface area contributed by atoms with E-state index in [2.05, 4.69) is 15.5 Å². The molecule has 5 heteroatoms. The van der Waals surface area contributed by atoms with Crippen LogP contribution < -0.4 is 10.6 Å². The maximum Gasteiger partial charge on any atom is 0.254 e. The predicted octanol–water partition coefficient (Wildman–Crippen LogP) is 2.19. The number of halogens is 1. The van der Waals surface area contributed by atoms with Gasteiger partial charge in [0.05, 0.1) is 5.56 Å². The third-order valence-corrected chi connectivity index (χ3v) is 5.12. The topological polar surface area (TPSA) is 44.4 Å². The van der Waals surface area contributed by atoms with Crippen molar-refractivity contribution in [3.8, 4) is 0 Å². The average molecular weight is 333 g/mol. The highest BCUT2D eigenvalue weighted by atomic mass is 19.1. The molecule has 0 spiro atoms. The van der Waals surface area contributed by atoms with Gasteiger partial charge in [0.25, 0.3) is 5.91 Å². The molecule has 0 radical (unpaired) electrons. The number of rotatable bonds is 6. The monoisotopic (exact) mass is 333 g/mol. The van der Waals surface area contributed by atoms with Gasteiger partial charge >= 0.3 is 0 Å². The molecule has 0 aliphatic carbocycles. The van der Waals surface area contributed by atoms with Crippen molar-refractivity contribution in [2.75, 3.05) is 39.3 Å². The zero-order chi connectivity index (χ0) is 16.8. The Hall–Kier alpha value is -1.46. The third-order valence-electron chi connectivity index (χ3n) is 5.12. The maximum atomic E-state index is 14.0. The molecule has 1 atom stereocenters. The van der Waals surface area contributed by atoms with Crippen LogP contribution in [0.1, 0.15) is 41.6 Å². The van der Waals surface area contributed by atoms with Gasteiger partial charge in [-0.2, -0.15) is 0 Å². The molecule has 2 aliphatic rings. The minimum Gasteiger partial charge on any atom is -0.351 e. The Morgan fingerprint density at radius 2 is 2.12 bits per heavy atom. The fraction of sp³-hybridized carbons (Fsp3) is 0.632. The van der Waals surface area contributed by atoms with Gasteiger partial charge in [-0.1, -0.05) is 12.5 Å². The summed E-state index contributed by atoms with van der Waals surface area (Å²) in [5.74, 6) is -0.139. The summed E-state index contributed by atoms with van der Waals surface area (Å²) in [6.07, 6.45) is 5.83. The second-order valence-electron chi connectivity index (χ2n) is 7.04. The number of carbonyl (C=O) groups excluding carboxylic acids is 1. The van der Waals surface area contributed by atoms with E-state index in [1.807, 2.05) is 0 Å². The lowest BCUT2D eigenvalue weighted by molar-refractivity contribution is 0.0942. The molecular formula is C19H28FN3O. The predicted molar refractivity (Wildman–Crippen MR) is 93.7 cm³/mol. The molecule has 3 rings (SSSR count). The molecule has 1 amide bonds. The molecule has 1 aromatic rings. The van der Waals surface area contributed by atoms with Gasteiger partial charge in [-0.25, -0.2) is 4.39 Å². The van der Waals surface area contributed by atoms with E-state index in [0.717, 1.165) is 51.1 Å². The summed E-state index contributed by atoms with van der Waals surface area (Å²) in [6, 6.07) is 4.96. The summed E-state index contributed by atoms with van der Waals surface area (Å²) in [5, 5.41) is 6.22. The Balaban J connectivity index is 1.52. The molecule has 1 unspecified atom stereocenters. The second-order valence-corrected chi connectivity index (χ2v) is 7.04. The summed E-state index contributed by atoms with van der Waals surface area (Å²) in [5.41, 5.74) is 1.23. The van der Waals surface area contributed by atoms with Crippen LogP contribution in [-0.2, 0) is 6.42 Å². The molecule has 2 saturated heterocycles. The van der Waals surface area contributed by atoms with Crippen LogP contribution in [0.5, 0.6) is 0 Å². The van der Waals surface area contributed by atoms with Crippen LogP contribution in [-0.4, -0.2) is 50.1 Å². The quantitative estimate of drug-likeness (QED) is 0.839. The lowest BCUT2D eigenvalue weighted by Gasteiger charge is -2.26. The highest BCUT2D eigenvalue weighted by molar-refractivity contribution is 5.94. The molecule has 2 N–H and O–H groups in total. The molecule has 2 aliphatic heterocycles. The Kier molecular flexibility index (Phi) is 6.21. The molecule has 0 bridgehead atoms. The summed E-state index contributed by atoms with van der Waals surface area (Å²) in [7, 11) is 0. The largest absolute Gasteiger partial charge is 0.351 e. The van der Waals surface area contributed by atoms with Crippen molar-refractivity contribution >= 4 is 5.91 Å². The first kappa shape index (κ1) is 17.4. The minimum absolute atomic E-state index is 0.178. The van der Waals surface area contributed by atoms with Crippen LogP contribution in [0.3, 0.4) is 0 Å². The van der Waals surface area contributed by atoms with Crippen molar-refractivity contribution in [3.63, 3.8) is 0 Å². The Labute approximate surface area is 143 Å². The molecule has 1 aromatic carbocycles. The lowest BCUT2D eigenvalue weighted by atomic mass is 9.97. The molecule has 24 heavy (non-hydrogen) atoms. The third kappa shape index (κ3) is 4.77. The Morgan fingerprint density at radius 3 is 2.88 bits per heavy atom. The molecule has 132 valence electrons. The number of nitrogens with zero attached hydrogens (tertiary/aromatic N) is 1. The van der Waals surface area contributed by atoms with Gasteiger partial charge in [-0.3, -0.25) is 4.79 Å². The number of carbonyl (C=O) groups is 1. The number of benzene rings is 1. The van der Waals surface area contributed by atoms with Crippen molar-refractivity contribution in [1.82, 2.24) is 15.5 Å². The number of likely N-dealkylation sites (tertiary alicyclic amines) is 1. The number of nitrogens with one attached hydrogen (secondary N) is 2. The molecule has 2 heterocycles. The molecule has 0 saturated carbocycles. The number of hydrogen-bond donors (Lipinski definition) is 2. The Morgan fingerprint density at radius 1 is 1.29 bits per heavy atom. The van der Waals surface area contributed by atoms with Crippen molar-refractivity contribution in [1.29, 1.82) is 0 Å². The molecular weight excluding hydrogens is 305 g/mol.